The fraction of sp³-hybridized carbons (Fsp3) is 1.00. The highest BCUT2D eigenvalue weighted by Crippen LogP contribution is 2.37. The van der Waals surface area contributed by atoms with Gasteiger partial charge in [-0.3, -0.25) is 9.11 Å². The molecule has 0 aliphatic rings. The first-order valence-corrected chi connectivity index (χ1v) is 6.03. The van der Waals surface area contributed by atoms with Gasteiger partial charge < -0.3 is 0 Å². The van der Waals surface area contributed by atoms with Crippen molar-refractivity contribution in [2.45, 2.75) is 33.7 Å². The Morgan fingerprint density at radius 3 is 2.08 bits per heavy atom. The number of hydrogen-bond donors (Lipinski definition) is 3. The van der Waals surface area contributed by atoms with E-state index in [2.05, 4.69) is 4.72 Å². The Morgan fingerprint density at radius 1 is 1.42 bits per heavy atom. The van der Waals surface area contributed by atoms with Gasteiger partial charge in [-0.1, -0.05) is 20.8 Å². The summed E-state index contributed by atoms with van der Waals surface area (Å²) in [7, 11) is -2.79. The molecule has 5 heteroatoms. The molecular formula is C7H18ClNO2S. The Bertz CT molecular complexity index is 147. The molecule has 0 aromatic carbocycles. The van der Waals surface area contributed by atoms with Crippen LogP contribution < -0.4 is 4.72 Å². The van der Waals surface area contributed by atoms with Crippen LogP contribution >= 0.6 is 22.4 Å². The predicted octanol–water partition coefficient (Wildman–Crippen LogP) is 2.87. The van der Waals surface area contributed by atoms with Crippen molar-refractivity contribution in [1.82, 2.24) is 4.72 Å². The molecule has 3 N–H and O–H groups in total. The largest absolute Gasteiger partial charge is 0.285 e. The van der Waals surface area contributed by atoms with Crippen molar-refractivity contribution in [2.24, 2.45) is 5.41 Å². The van der Waals surface area contributed by atoms with Crippen molar-refractivity contribution in [3.8, 4) is 0 Å². The van der Waals surface area contributed by atoms with E-state index in [0.717, 1.165) is 0 Å². The normalized spacial score (nSPS) is 17.6. The van der Waals surface area contributed by atoms with Crippen LogP contribution in [0.15, 0.2) is 0 Å². The molecule has 0 spiro atoms. The van der Waals surface area contributed by atoms with Gasteiger partial charge in [0.05, 0.1) is 0 Å². The van der Waals surface area contributed by atoms with Crippen molar-refractivity contribution in [2.75, 3.05) is 5.21 Å². The first kappa shape index (κ1) is 12.5. The third kappa shape index (κ3) is 4.52. The highest BCUT2D eigenvalue weighted by molar-refractivity contribution is 8.23. The van der Waals surface area contributed by atoms with E-state index < -0.39 is 10.8 Å². The van der Waals surface area contributed by atoms with E-state index in [1.807, 2.05) is 27.7 Å². The van der Waals surface area contributed by atoms with Crippen molar-refractivity contribution < 1.29 is 9.11 Å². The molecule has 0 fully saturated rings. The lowest BCUT2D eigenvalue weighted by Crippen LogP contribution is -2.39. The Morgan fingerprint density at radius 2 is 1.83 bits per heavy atom. The van der Waals surface area contributed by atoms with E-state index in [-0.39, 0.29) is 16.7 Å². The van der Waals surface area contributed by atoms with Gasteiger partial charge in [-0.05, 0) is 12.3 Å². The Hall–Kier alpha value is 0.520. The Balaban J connectivity index is 4.09. The third-order valence-electron chi connectivity index (χ3n) is 1.82. The predicted molar refractivity (Wildman–Crippen MR) is 55.6 cm³/mol. The molecule has 0 aromatic rings. The molecule has 0 amide bonds. The number of nitrogens with one attached hydrogen (secondary N) is 1. The molecule has 1 unspecified atom stereocenters. The monoisotopic (exact) mass is 215 g/mol. The van der Waals surface area contributed by atoms with Crippen LogP contribution in [0, 0.1) is 5.41 Å². The smallest absolute Gasteiger partial charge is 0.127 e. The minimum atomic E-state index is -2.79. The van der Waals surface area contributed by atoms with Crippen LogP contribution in [-0.4, -0.2) is 20.4 Å². The first-order valence-electron chi connectivity index (χ1n) is 3.78. The molecule has 0 rings (SSSR count). The summed E-state index contributed by atoms with van der Waals surface area (Å²) in [6.07, 6.45) is 0. The van der Waals surface area contributed by atoms with E-state index >= 15 is 0 Å². The summed E-state index contributed by atoms with van der Waals surface area (Å²) in [6, 6.07) is 0.0150. The van der Waals surface area contributed by atoms with Gasteiger partial charge in [0, 0.05) is 6.04 Å². The molecule has 3 nitrogen and oxygen atoms in total. The van der Waals surface area contributed by atoms with E-state index in [0.29, 0.717) is 0 Å². The standard InChI is InChI=1S/C7H18ClNO2S/c1-6(7(2,3)4)9-12(10,11)5-8/h6,9-11H,5H2,1-4H3. The zero-order valence-corrected chi connectivity index (χ0v) is 9.54. The average molecular weight is 216 g/mol. The van der Waals surface area contributed by atoms with Crippen LogP contribution in [0.3, 0.4) is 0 Å². The zero-order valence-electron chi connectivity index (χ0n) is 7.97. The quantitative estimate of drug-likeness (QED) is 0.635. The maximum atomic E-state index is 9.25. The summed E-state index contributed by atoms with van der Waals surface area (Å²) in [6.45, 7) is 7.97. The zero-order chi connectivity index (χ0) is 9.99. The fourth-order valence-corrected chi connectivity index (χ4v) is 1.66. The Labute approximate surface area is 81.0 Å². The van der Waals surface area contributed by atoms with Crippen molar-refractivity contribution >= 4 is 22.4 Å². The van der Waals surface area contributed by atoms with Crippen LogP contribution in [0.1, 0.15) is 27.7 Å². The second-order valence-electron chi connectivity index (χ2n) is 3.98. The molecule has 0 saturated heterocycles. The molecule has 0 heterocycles. The molecule has 76 valence electrons. The maximum Gasteiger partial charge on any atom is 0.127 e. The lowest BCUT2D eigenvalue weighted by Gasteiger charge is -2.38. The van der Waals surface area contributed by atoms with Crippen LogP contribution in [0.5, 0.6) is 0 Å². The summed E-state index contributed by atoms with van der Waals surface area (Å²) in [5.41, 5.74) is -0.00420. The van der Waals surface area contributed by atoms with E-state index in [1.54, 1.807) is 0 Å². The van der Waals surface area contributed by atoms with E-state index in [9.17, 15) is 9.11 Å². The van der Waals surface area contributed by atoms with Gasteiger partial charge in [0.25, 0.3) is 0 Å². The van der Waals surface area contributed by atoms with Gasteiger partial charge in [0.2, 0.25) is 0 Å². The molecule has 0 aliphatic carbocycles. The number of hydrogen-bond acceptors (Lipinski definition) is 3. The number of halogens is 1. The first-order chi connectivity index (χ1) is 5.19. The van der Waals surface area contributed by atoms with Crippen LogP contribution in [0.25, 0.3) is 0 Å². The lowest BCUT2D eigenvalue weighted by atomic mass is 9.89. The van der Waals surface area contributed by atoms with Crippen molar-refractivity contribution in [1.29, 1.82) is 0 Å². The molecule has 12 heavy (non-hydrogen) atoms. The van der Waals surface area contributed by atoms with E-state index in [4.69, 9.17) is 11.6 Å². The van der Waals surface area contributed by atoms with E-state index in [1.165, 1.54) is 0 Å². The molecule has 0 saturated carbocycles. The molecule has 0 radical (unpaired) electrons. The fourth-order valence-electron chi connectivity index (χ4n) is 0.491. The molecule has 0 aromatic heterocycles. The topological polar surface area (TPSA) is 52.5 Å². The minimum absolute atomic E-state index is 0.00420. The molecular weight excluding hydrogens is 198 g/mol. The summed E-state index contributed by atoms with van der Waals surface area (Å²) in [4.78, 5) is 0. The lowest BCUT2D eigenvalue weighted by molar-refractivity contribution is 0.308. The van der Waals surface area contributed by atoms with Crippen molar-refractivity contribution in [3.63, 3.8) is 0 Å². The third-order valence-corrected chi connectivity index (χ3v) is 3.76. The molecule has 1 atom stereocenters. The van der Waals surface area contributed by atoms with Crippen LogP contribution in [0.2, 0.25) is 0 Å². The Kier molecular flexibility index (Phi) is 4.33. The van der Waals surface area contributed by atoms with Crippen molar-refractivity contribution in [3.05, 3.63) is 0 Å². The molecule has 0 bridgehead atoms. The van der Waals surface area contributed by atoms with Gasteiger partial charge in [-0.25, -0.2) is 4.72 Å². The minimum Gasteiger partial charge on any atom is -0.285 e. The summed E-state index contributed by atoms with van der Waals surface area (Å²) in [5, 5.41) is -0.159. The van der Waals surface area contributed by atoms with Crippen LogP contribution in [-0.2, 0) is 0 Å². The summed E-state index contributed by atoms with van der Waals surface area (Å²) >= 11 is 5.36. The van der Waals surface area contributed by atoms with Gasteiger partial charge in [0.1, 0.15) is 5.21 Å². The van der Waals surface area contributed by atoms with Gasteiger partial charge >= 0.3 is 0 Å². The van der Waals surface area contributed by atoms with Gasteiger partial charge in [-0.2, -0.15) is 0 Å². The average Bonchev–Trinajstić information content (AvgIpc) is 1.85. The summed E-state index contributed by atoms with van der Waals surface area (Å²) in [5.74, 6) is 0. The second-order valence-corrected chi connectivity index (χ2v) is 6.42. The number of rotatable bonds is 3. The second kappa shape index (κ2) is 4.15. The highest BCUT2D eigenvalue weighted by atomic mass is 35.5. The summed E-state index contributed by atoms with van der Waals surface area (Å²) < 4.78 is 21.2. The SMILES string of the molecule is CC(NS(O)(O)CCl)C(C)(C)C. The van der Waals surface area contributed by atoms with Crippen LogP contribution in [0.4, 0.5) is 0 Å². The highest BCUT2D eigenvalue weighted by Gasteiger charge is 2.24. The number of alkyl halides is 1. The van der Waals surface area contributed by atoms with Gasteiger partial charge in [0.15, 0.2) is 0 Å². The van der Waals surface area contributed by atoms with Gasteiger partial charge in [-0.15, -0.1) is 22.4 Å². The maximum absolute atomic E-state index is 9.25. The molecule has 0 aliphatic heterocycles.